The van der Waals surface area contributed by atoms with Crippen LogP contribution in [0, 0.1) is 0 Å². The molecule has 0 saturated carbocycles. The van der Waals surface area contributed by atoms with Crippen LogP contribution in [0.3, 0.4) is 0 Å². The number of benzene rings is 4. The molecule has 1 atom stereocenters. The van der Waals surface area contributed by atoms with Gasteiger partial charge >= 0.3 is 0 Å². The van der Waals surface area contributed by atoms with Gasteiger partial charge in [0.1, 0.15) is 0 Å². The molecule has 1 aliphatic rings. The second-order valence-electron chi connectivity index (χ2n) is 7.90. The van der Waals surface area contributed by atoms with Gasteiger partial charge in [-0.15, -0.1) is 0 Å². The van der Waals surface area contributed by atoms with Gasteiger partial charge in [0.2, 0.25) is 11.5 Å². The van der Waals surface area contributed by atoms with E-state index in [2.05, 4.69) is 17.0 Å². The number of carbonyl (C=O) groups is 1. The molecule has 162 valence electrons. The first-order chi connectivity index (χ1) is 16.3. The Morgan fingerprint density at radius 3 is 1.70 bits per heavy atom. The van der Waals surface area contributed by atoms with Gasteiger partial charge in [0, 0.05) is 17.9 Å². The van der Waals surface area contributed by atoms with E-state index in [0.29, 0.717) is 12.2 Å². The predicted octanol–water partition coefficient (Wildman–Crippen LogP) is 6.53. The molecule has 0 amide bonds. The lowest BCUT2D eigenvalue weighted by atomic mass is 9.92. The summed E-state index contributed by atoms with van der Waals surface area (Å²) < 4.78 is 6.49. The van der Waals surface area contributed by atoms with E-state index < -0.39 is 5.72 Å². The predicted molar refractivity (Wildman–Crippen MR) is 133 cm³/mol. The average Bonchev–Trinajstić information content (AvgIpc) is 3.15. The van der Waals surface area contributed by atoms with Crippen molar-refractivity contribution in [3.8, 4) is 0 Å². The Labute approximate surface area is 194 Å². The van der Waals surface area contributed by atoms with E-state index in [9.17, 15) is 4.79 Å². The number of ketones is 1. The minimum Gasteiger partial charge on any atom is -0.345 e. The van der Waals surface area contributed by atoms with Crippen molar-refractivity contribution in [3.05, 3.63) is 138 Å². The highest BCUT2D eigenvalue weighted by atomic mass is 16.5. The molecule has 0 spiro atoms. The zero-order valence-corrected chi connectivity index (χ0v) is 18.5. The molecule has 0 aliphatic carbocycles. The molecule has 3 heteroatoms. The van der Waals surface area contributed by atoms with Gasteiger partial charge < -0.3 is 9.64 Å². The molecule has 1 aliphatic heterocycles. The fourth-order valence-corrected chi connectivity index (χ4v) is 4.62. The maximum atomic E-state index is 14.6. The van der Waals surface area contributed by atoms with E-state index in [1.54, 1.807) is 0 Å². The quantitative estimate of drug-likeness (QED) is 0.347. The van der Waals surface area contributed by atoms with Gasteiger partial charge in [-0.1, -0.05) is 109 Å². The summed E-state index contributed by atoms with van der Waals surface area (Å²) in [6.07, 6.45) is 0. The molecule has 3 nitrogen and oxygen atoms in total. The molecule has 33 heavy (non-hydrogen) atoms. The number of para-hydroxylation sites is 1. The molecule has 1 heterocycles. The van der Waals surface area contributed by atoms with Gasteiger partial charge in [0.05, 0.1) is 11.3 Å². The zero-order chi connectivity index (χ0) is 22.7. The zero-order valence-electron chi connectivity index (χ0n) is 18.5. The number of nitrogens with zero attached hydrogens (tertiary/aromatic N) is 1. The van der Waals surface area contributed by atoms with Crippen LogP contribution in [-0.4, -0.2) is 12.4 Å². The first kappa shape index (κ1) is 20.9. The van der Waals surface area contributed by atoms with Crippen molar-refractivity contribution in [2.24, 2.45) is 0 Å². The summed E-state index contributed by atoms with van der Waals surface area (Å²) >= 11 is 0. The molecule has 0 N–H and O–H groups in total. The SMILES string of the molecule is CCOC1(c2ccccc2)C(=O)C(c2ccccc2)=C(c2ccccc2)N1c1ccccc1. The summed E-state index contributed by atoms with van der Waals surface area (Å²) in [7, 11) is 0. The lowest BCUT2D eigenvalue weighted by Crippen LogP contribution is -2.49. The first-order valence-corrected chi connectivity index (χ1v) is 11.2. The third-order valence-electron chi connectivity index (χ3n) is 5.95. The van der Waals surface area contributed by atoms with Crippen molar-refractivity contribution in [1.82, 2.24) is 0 Å². The monoisotopic (exact) mass is 431 g/mol. The van der Waals surface area contributed by atoms with Crippen LogP contribution in [0.5, 0.6) is 0 Å². The van der Waals surface area contributed by atoms with Crippen LogP contribution in [0.15, 0.2) is 121 Å². The van der Waals surface area contributed by atoms with Gasteiger partial charge in [-0.25, -0.2) is 0 Å². The highest BCUT2D eigenvalue weighted by Crippen LogP contribution is 2.51. The minimum absolute atomic E-state index is 0.0653. The highest BCUT2D eigenvalue weighted by Gasteiger charge is 2.56. The maximum absolute atomic E-state index is 14.6. The molecule has 0 fully saturated rings. The third-order valence-corrected chi connectivity index (χ3v) is 5.95. The van der Waals surface area contributed by atoms with Gasteiger partial charge in [-0.05, 0) is 30.2 Å². The Balaban J connectivity index is 1.89. The van der Waals surface area contributed by atoms with Crippen LogP contribution in [0.4, 0.5) is 5.69 Å². The Hall–Kier alpha value is -3.95. The van der Waals surface area contributed by atoms with Gasteiger partial charge in [-0.2, -0.15) is 0 Å². The third kappa shape index (κ3) is 3.47. The van der Waals surface area contributed by atoms with Crippen molar-refractivity contribution in [1.29, 1.82) is 0 Å². The standard InChI is InChI=1S/C30H25NO2/c1-2-33-30(25-19-11-5-12-20-25)29(32)27(23-15-7-3-8-16-23)28(24-17-9-4-10-18-24)31(30)26-21-13-6-14-22-26/h3-22H,2H2,1H3. The van der Waals surface area contributed by atoms with Crippen LogP contribution in [-0.2, 0) is 15.3 Å². The van der Waals surface area contributed by atoms with E-state index in [0.717, 1.165) is 28.1 Å². The van der Waals surface area contributed by atoms with E-state index in [-0.39, 0.29) is 5.78 Å². The van der Waals surface area contributed by atoms with Crippen molar-refractivity contribution < 1.29 is 9.53 Å². The highest BCUT2D eigenvalue weighted by molar-refractivity contribution is 6.37. The van der Waals surface area contributed by atoms with E-state index >= 15 is 0 Å². The van der Waals surface area contributed by atoms with E-state index in [4.69, 9.17) is 4.74 Å². The number of hydrogen-bond acceptors (Lipinski definition) is 3. The van der Waals surface area contributed by atoms with Crippen LogP contribution in [0.1, 0.15) is 23.6 Å². The average molecular weight is 432 g/mol. The second kappa shape index (κ2) is 8.89. The van der Waals surface area contributed by atoms with Crippen LogP contribution in [0.2, 0.25) is 0 Å². The topological polar surface area (TPSA) is 29.5 Å². The molecular formula is C30H25NO2. The fraction of sp³-hybridized carbons (Fsp3) is 0.100. The lowest BCUT2D eigenvalue weighted by Gasteiger charge is -2.40. The van der Waals surface area contributed by atoms with E-state index in [1.807, 2.05) is 116 Å². The smallest absolute Gasteiger partial charge is 0.237 e. The first-order valence-electron chi connectivity index (χ1n) is 11.2. The molecule has 4 aromatic carbocycles. The van der Waals surface area contributed by atoms with Gasteiger partial charge in [-0.3, -0.25) is 4.79 Å². The summed E-state index contributed by atoms with van der Waals surface area (Å²) in [4.78, 5) is 16.6. The summed E-state index contributed by atoms with van der Waals surface area (Å²) in [5, 5.41) is 0. The molecule has 0 radical (unpaired) electrons. The summed E-state index contributed by atoms with van der Waals surface area (Å²) in [5.41, 5.74) is 3.73. The minimum atomic E-state index is -1.31. The molecule has 0 saturated heterocycles. The number of anilines is 1. The summed E-state index contributed by atoms with van der Waals surface area (Å²) in [6.45, 7) is 2.32. The molecule has 0 bridgehead atoms. The van der Waals surface area contributed by atoms with Crippen molar-refractivity contribution in [2.75, 3.05) is 11.5 Å². The summed E-state index contributed by atoms with van der Waals surface area (Å²) in [6, 6.07) is 39.8. The number of rotatable bonds is 6. The molecule has 1 unspecified atom stereocenters. The normalized spacial score (nSPS) is 18.1. The second-order valence-corrected chi connectivity index (χ2v) is 7.90. The number of carbonyl (C=O) groups excluding carboxylic acids is 1. The Bertz CT molecular complexity index is 1270. The molecule has 0 aromatic heterocycles. The Kier molecular flexibility index (Phi) is 5.64. The summed E-state index contributed by atoms with van der Waals surface area (Å²) in [5.74, 6) is -0.0653. The number of hydrogen-bond donors (Lipinski definition) is 0. The van der Waals surface area contributed by atoms with Gasteiger partial charge in [0.25, 0.3) is 0 Å². The van der Waals surface area contributed by atoms with Gasteiger partial charge in [0.15, 0.2) is 0 Å². The molecule has 4 aromatic rings. The maximum Gasteiger partial charge on any atom is 0.237 e. The largest absolute Gasteiger partial charge is 0.345 e. The fourth-order valence-electron chi connectivity index (χ4n) is 4.62. The van der Waals surface area contributed by atoms with Crippen molar-refractivity contribution in [3.63, 3.8) is 0 Å². The van der Waals surface area contributed by atoms with Crippen molar-refractivity contribution >= 4 is 22.7 Å². The van der Waals surface area contributed by atoms with Crippen LogP contribution >= 0.6 is 0 Å². The molecule has 5 rings (SSSR count). The number of Topliss-reactive ketones (excluding diaryl/α,β-unsaturated/α-hetero) is 1. The van der Waals surface area contributed by atoms with Crippen molar-refractivity contribution in [2.45, 2.75) is 12.6 Å². The van der Waals surface area contributed by atoms with E-state index in [1.165, 1.54) is 0 Å². The number of ether oxygens (including phenoxy) is 1. The molecular weight excluding hydrogens is 406 g/mol. The van der Waals surface area contributed by atoms with Crippen LogP contribution in [0.25, 0.3) is 11.3 Å². The lowest BCUT2D eigenvalue weighted by molar-refractivity contribution is -0.137. The van der Waals surface area contributed by atoms with Crippen LogP contribution < -0.4 is 4.90 Å². The Morgan fingerprint density at radius 1 is 0.667 bits per heavy atom. The Morgan fingerprint density at radius 2 is 1.15 bits per heavy atom.